The molecule has 2 aromatic heterocycles. The van der Waals surface area contributed by atoms with Gasteiger partial charge in [0, 0.05) is 10.7 Å². The molecule has 2 aromatic carbocycles. The van der Waals surface area contributed by atoms with Gasteiger partial charge in [-0.2, -0.15) is 0 Å². The number of nitrogens with zero attached hydrogens (tertiary/aromatic N) is 3. The summed E-state index contributed by atoms with van der Waals surface area (Å²) < 4.78 is 7.63. The van der Waals surface area contributed by atoms with E-state index < -0.39 is 0 Å². The van der Waals surface area contributed by atoms with E-state index in [1.807, 2.05) is 28.8 Å². The minimum atomic E-state index is 0.425. The summed E-state index contributed by atoms with van der Waals surface area (Å²) in [7, 11) is 0. The molecule has 0 aliphatic rings. The van der Waals surface area contributed by atoms with Gasteiger partial charge >= 0.3 is 0 Å². The first-order valence-corrected chi connectivity index (χ1v) is 8.36. The lowest BCUT2D eigenvalue weighted by Gasteiger charge is -2.08. The molecule has 0 saturated carbocycles. The number of halogens is 1. The molecule has 0 unspecified atom stereocenters. The molecule has 0 aliphatic carbocycles. The van der Waals surface area contributed by atoms with Crippen LogP contribution in [0.15, 0.2) is 60.8 Å². The van der Waals surface area contributed by atoms with E-state index in [-0.39, 0.29) is 0 Å². The number of benzene rings is 2. The number of imidazole rings is 1. The molecule has 4 rings (SSSR count). The second-order valence-corrected chi connectivity index (χ2v) is 6.28. The third-order valence-corrected chi connectivity index (χ3v) is 4.22. The molecule has 0 fully saturated rings. The molecule has 4 N–H and O–H groups in total. The molecule has 0 radical (unpaired) electrons. The Labute approximate surface area is 155 Å². The van der Waals surface area contributed by atoms with Crippen molar-refractivity contribution >= 4 is 34.3 Å². The van der Waals surface area contributed by atoms with Crippen LogP contribution in [-0.4, -0.2) is 14.5 Å². The molecule has 26 heavy (non-hydrogen) atoms. The highest BCUT2D eigenvalue weighted by Crippen LogP contribution is 2.24. The molecule has 0 atom stereocenters. The van der Waals surface area contributed by atoms with Gasteiger partial charge in [0.2, 0.25) is 5.95 Å². The van der Waals surface area contributed by atoms with Gasteiger partial charge < -0.3 is 20.8 Å². The molecule has 130 valence electrons. The fourth-order valence-corrected chi connectivity index (χ4v) is 2.82. The van der Waals surface area contributed by atoms with Crippen molar-refractivity contribution in [3.63, 3.8) is 0 Å². The topological polar surface area (TPSA) is 92.0 Å². The summed E-state index contributed by atoms with van der Waals surface area (Å²) >= 11 is 5.87. The van der Waals surface area contributed by atoms with Crippen LogP contribution in [0.5, 0.6) is 11.5 Å². The normalized spacial score (nSPS) is 11.0. The average molecular weight is 366 g/mol. The molecule has 0 saturated heterocycles. The Hall–Kier alpha value is -3.25. The minimum absolute atomic E-state index is 0.425. The third-order valence-electron chi connectivity index (χ3n) is 3.97. The number of aromatic nitrogens is 3. The van der Waals surface area contributed by atoms with Crippen LogP contribution >= 0.6 is 11.6 Å². The monoisotopic (exact) mass is 365 g/mol. The standard InChI is InChI=1S/C19H16ClN5O/c20-12-1-5-15(6-2-12)26-16-7-4-14(23-10-16)11-25-18-9-13(21)3-8-17(18)24-19(25)22/h1-10H,11,21H2,(H2,22,24). The van der Waals surface area contributed by atoms with Gasteiger partial charge in [0.05, 0.1) is 29.5 Å². The highest BCUT2D eigenvalue weighted by molar-refractivity contribution is 6.30. The number of nitrogens with two attached hydrogens (primary N) is 2. The van der Waals surface area contributed by atoms with Crippen LogP contribution in [0.25, 0.3) is 11.0 Å². The van der Waals surface area contributed by atoms with Crippen molar-refractivity contribution in [2.24, 2.45) is 0 Å². The number of fused-ring (bicyclic) bond motifs is 1. The lowest BCUT2D eigenvalue weighted by atomic mass is 10.2. The first kappa shape index (κ1) is 16.2. The first-order chi connectivity index (χ1) is 12.6. The Balaban J connectivity index is 1.55. The molecule has 2 heterocycles. The average Bonchev–Trinajstić information content (AvgIpc) is 2.94. The molecule has 0 amide bonds. The second-order valence-electron chi connectivity index (χ2n) is 5.85. The molecular formula is C19H16ClN5O. The summed E-state index contributed by atoms with van der Waals surface area (Å²) in [6, 6.07) is 16.4. The Morgan fingerprint density at radius 3 is 2.46 bits per heavy atom. The second kappa shape index (κ2) is 6.57. The van der Waals surface area contributed by atoms with E-state index in [9.17, 15) is 0 Å². The third kappa shape index (κ3) is 3.27. The number of anilines is 2. The summed E-state index contributed by atoms with van der Waals surface area (Å²) in [5, 5.41) is 0.664. The molecular weight excluding hydrogens is 350 g/mol. The van der Waals surface area contributed by atoms with E-state index in [2.05, 4.69) is 9.97 Å². The maximum Gasteiger partial charge on any atom is 0.201 e. The number of ether oxygens (including phenoxy) is 1. The number of pyridine rings is 1. The van der Waals surface area contributed by atoms with Crippen LogP contribution in [0, 0.1) is 0 Å². The Kier molecular flexibility index (Phi) is 4.10. The fraction of sp³-hybridized carbons (Fsp3) is 0.0526. The zero-order valence-corrected chi connectivity index (χ0v) is 14.5. The van der Waals surface area contributed by atoms with E-state index in [0.717, 1.165) is 16.7 Å². The molecule has 6 nitrogen and oxygen atoms in total. The van der Waals surface area contributed by atoms with Crippen molar-refractivity contribution in [3.05, 3.63) is 71.5 Å². The van der Waals surface area contributed by atoms with E-state index in [4.69, 9.17) is 27.8 Å². The summed E-state index contributed by atoms with van der Waals surface area (Å²) in [5.41, 5.74) is 15.1. The summed E-state index contributed by atoms with van der Waals surface area (Å²) in [6.07, 6.45) is 1.67. The van der Waals surface area contributed by atoms with Crippen LogP contribution < -0.4 is 16.2 Å². The summed E-state index contributed by atoms with van der Waals surface area (Å²) in [6.45, 7) is 0.493. The Morgan fingerprint density at radius 2 is 1.73 bits per heavy atom. The summed E-state index contributed by atoms with van der Waals surface area (Å²) in [5.74, 6) is 1.77. The van der Waals surface area contributed by atoms with Gasteiger partial charge in [0.25, 0.3) is 0 Å². The zero-order valence-electron chi connectivity index (χ0n) is 13.8. The van der Waals surface area contributed by atoms with Crippen molar-refractivity contribution in [1.82, 2.24) is 14.5 Å². The fourth-order valence-electron chi connectivity index (χ4n) is 2.69. The van der Waals surface area contributed by atoms with Crippen LogP contribution in [0.2, 0.25) is 5.02 Å². The van der Waals surface area contributed by atoms with Crippen LogP contribution in [0.4, 0.5) is 11.6 Å². The quantitative estimate of drug-likeness (QED) is 0.531. The number of nitrogen functional groups attached to an aromatic ring is 2. The van der Waals surface area contributed by atoms with Gasteiger partial charge in [-0.3, -0.25) is 4.98 Å². The van der Waals surface area contributed by atoms with E-state index in [1.54, 1.807) is 36.5 Å². The number of hydrogen-bond donors (Lipinski definition) is 2. The molecule has 0 spiro atoms. The van der Waals surface area contributed by atoms with Crippen LogP contribution in [0.1, 0.15) is 5.69 Å². The SMILES string of the molecule is Nc1ccc2nc(N)n(Cc3ccc(Oc4ccc(Cl)cc4)cn3)c2c1. The predicted molar refractivity (Wildman–Crippen MR) is 103 cm³/mol. The van der Waals surface area contributed by atoms with Gasteiger partial charge in [-0.15, -0.1) is 0 Å². The first-order valence-electron chi connectivity index (χ1n) is 7.98. The Bertz CT molecular complexity index is 1060. The maximum absolute atomic E-state index is 6.04. The number of rotatable bonds is 4. The van der Waals surface area contributed by atoms with E-state index in [1.165, 1.54) is 0 Å². The highest BCUT2D eigenvalue weighted by Gasteiger charge is 2.10. The van der Waals surface area contributed by atoms with Gasteiger partial charge in [-0.1, -0.05) is 11.6 Å². The van der Waals surface area contributed by atoms with Gasteiger partial charge in [-0.25, -0.2) is 4.98 Å². The van der Waals surface area contributed by atoms with Crippen molar-refractivity contribution < 1.29 is 4.74 Å². The van der Waals surface area contributed by atoms with Crippen molar-refractivity contribution in [2.45, 2.75) is 6.54 Å². The van der Waals surface area contributed by atoms with Crippen LogP contribution in [0.3, 0.4) is 0 Å². The maximum atomic E-state index is 6.04. The van der Waals surface area contributed by atoms with E-state index in [0.29, 0.717) is 34.7 Å². The molecule has 0 aliphatic heterocycles. The van der Waals surface area contributed by atoms with Crippen molar-refractivity contribution in [2.75, 3.05) is 11.5 Å². The zero-order chi connectivity index (χ0) is 18.1. The predicted octanol–water partition coefficient (Wildman–Crippen LogP) is 4.09. The van der Waals surface area contributed by atoms with Gasteiger partial charge in [-0.05, 0) is 54.6 Å². The molecule has 4 aromatic rings. The minimum Gasteiger partial charge on any atom is -0.456 e. The van der Waals surface area contributed by atoms with Gasteiger partial charge in [0.1, 0.15) is 11.5 Å². The molecule has 7 heteroatoms. The van der Waals surface area contributed by atoms with E-state index >= 15 is 0 Å². The smallest absolute Gasteiger partial charge is 0.201 e. The lowest BCUT2D eigenvalue weighted by Crippen LogP contribution is -2.06. The van der Waals surface area contributed by atoms with Gasteiger partial charge in [0.15, 0.2) is 0 Å². The Morgan fingerprint density at radius 1 is 0.962 bits per heavy atom. The largest absolute Gasteiger partial charge is 0.456 e. The van der Waals surface area contributed by atoms with Crippen molar-refractivity contribution in [3.8, 4) is 11.5 Å². The highest BCUT2D eigenvalue weighted by atomic mass is 35.5. The lowest BCUT2D eigenvalue weighted by molar-refractivity contribution is 0.479. The van der Waals surface area contributed by atoms with Crippen molar-refractivity contribution in [1.29, 1.82) is 0 Å². The molecule has 0 bridgehead atoms. The summed E-state index contributed by atoms with van der Waals surface area (Å²) in [4.78, 5) is 8.80. The number of hydrogen-bond acceptors (Lipinski definition) is 5. The van der Waals surface area contributed by atoms with Crippen LogP contribution in [-0.2, 0) is 6.54 Å².